The monoisotopic (exact) mass is 452 g/mol. The minimum Gasteiger partial charge on any atom is -0.480 e. The number of carboxylic acid groups (broad SMARTS) is 1. The van der Waals surface area contributed by atoms with Crippen molar-refractivity contribution in [3.05, 3.63) is 35.2 Å². The predicted octanol–water partition coefficient (Wildman–Crippen LogP) is -1.65. The topological polar surface area (TPSA) is 219 Å². The fourth-order valence-corrected chi connectivity index (χ4v) is 5.93. The molecule has 13 nitrogen and oxygen atoms in total. The minimum atomic E-state index is -4.31. The maximum Gasteiger partial charge on any atom is 0.404 e. The van der Waals surface area contributed by atoms with Crippen molar-refractivity contribution in [3.8, 4) is 0 Å². The Morgan fingerprint density at radius 1 is 1.45 bits per heavy atom. The molecule has 2 fully saturated rings. The van der Waals surface area contributed by atoms with Gasteiger partial charge in [-0.2, -0.15) is 0 Å². The number of nitrogens with zero attached hydrogens (tertiary/aromatic N) is 2. The molecule has 2 amide bonds. The van der Waals surface area contributed by atoms with Crippen molar-refractivity contribution in [1.82, 2.24) is 15.2 Å². The number of hydrogen-bond donors (Lipinski definition) is 5. The molecule has 7 N–H and O–H groups in total. The van der Waals surface area contributed by atoms with Crippen LogP contribution in [-0.2, 0) is 30.7 Å². The van der Waals surface area contributed by atoms with E-state index in [-0.39, 0.29) is 23.8 Å². The lowest BCUT2D eigenvalue weighted by Crippen LogP contribution is -2.59. The van der Waals surface area contributed by atoms with Gasteiger partial charge in [-0.1, -0.05) is 0 Å². The molecule has 31 heavy (non-hydrogen) atoms. The maximum absolute atomic E-state index is 13.2. The van der Waals surface area contributed by atoms with Gasteiger partial charge in [0.15, 0.2) is 27.2 Å². The number of carbonyl (C=O) groups excluding carboxylic acids is 2. The molecule has 0 saturated carbocycles. The number of nitrogens with two attached hydrogens (primary N) is 2. The molecule has 0 bridgehead atoms. The van der Waals surface area contributed by atoms with E-state index in [9.17, 15) is 27.9 Å². The summed E-state index contributed by atoms with van der Waals surface area (Å²) >= 11 is 0. The van der Waals surface area contributed by atoms with E-state index in [0.29, 0.717) is 5.56 Å². The summed E-state index contributed by atoms with van der Waals surface area (Å²) in [5, 5.41) is 17.9. The average Bonchev–Trinajstić information content (AvgIpc) is 2.85. The number of carboxylic acids is 1. The second kappa shape index (κ2) is 7.54. The molecule has 0 aromatic carbocycles. The number of fused-ring (bicyclic) bond motifs is 1. The average molecular weight is 452 g/mol. The Morgan fingerprint density at radius 2 is 2.13 bits per heavy atom. The Hall–Kier alpha value is -3.68. The molecular weight excluding hydrogens is 432 g/mol. The van der Waals surface area contributed by atoms with E-state index >= 15 is 0 Å². The van der Waals surface area contributed by atoms with Crippen molar-refractivity contribution < 1.29 is 32.6 Å². The first-order valence-corrected chi connectivity index (χ1v) is 10.4. The lowest BCUT2D eigenvalue weighted by Gasteiger charge is -2.37. The molecule has 1 aromatic heterocycles. The second-order valence-corrected chi connectivity index (χ2v) is 9.70. The lowest BCUT2D eigenvalue weighted by atomic mass is 9.94. The van der Waals surface area contributed by atoms with E-state index in [1.165, 1.54) is 12.3 Å². The molecule has 2 aliphatic rings. The molecule has 2 aliphatic heterocycles. The number of amides is 2. The molecule has 0 unspecified atom stereocenters. The zero-order chi connectivity index (χ0) is 23.1. The third-order valence-electron chi connectivity index (χ3n) is 5.17. The van der Waals surface area contributed by atoms with Gasteiger partial charge < -0.3 is 31.5 Å². The number of rotatable bonds is 6. The lowest BCUT2D eigenvalue weighted by molar-refractivity contribution is -0.153. The Morgan fingerprint density at radius 3 is 2.71 bits per heavy atom. The van der Waals surface area contributed by atoms with E-state index < -0.39 is 50.6 Å². The Kier molecular flexibility index (Phi) is 5.35. The number of guanidine groups is 1. The maximum atomic E-state index is 13.2. The summed E-state index contributed by atoms with van der Waals surface area (Å²) in [7, 11) is -4.31. The van der Waals surface area contributed by atoms with E-state index in [1.54, 1.807) is 12.1 Å². The fraction of sp³-hybridized carbons (Fsp3) is 0.353. The number of pyridine rings is 1. The Labute approximate surface area is 176 Å². The summed E-state index contributed by atoms with van der Waals surface area (Å²) in [5.74, 6) is -2.57. The number of nitrogens with one attached hydrogen (secondary N) is 2. The molecule has 0 radical (unpaired) electrons. The Bertz CT molecular complexity index is 1120. The van der Waals surface area contributed by atoms with E-state index in [2.05, 4.69) is 15.0 Å². The number of β-lactam (4-membered cyclic amide) rings is 1. The normalized spacial score (nSPS) is 27.3. The minimum absolute atomic E-state index is 0.154. The van der Waals surface area contributed by atoms with E-state index in [4.69, 9.17) is 16.9 Å². The van der Waals surface area contributed by atoms with Crippen LogP contribution in [-0.4, -0.2) is 70.1 Å². The molecule has 2 saturated heterocycles. The van der Waals surface area contributed by atoms with Crippen LogP contribution in [0.1, 0.15) is 18.2 Å². The van der Waals surface area contributed by atoms with Gasteiger partial charge in [-0.15, -0.1) is 0 Å². The molecule has 166 valence electrons. The number of ether oxygens (including phenoxy) is 1. The molecule has 3 heterocycles. The van der Waals surface area contributed by atoms with Crippen LogP contribution in [0, 0.1) is 5.41 Å². The third-order valence-corrected chi connectivity index (χ3v) is 7.88. The van der Waals surface area contributed by atoms with Crippen LogP contribution in [0.25, 0.3) is 6.08 Å². The molecule has 3 atom stereocenters. The van der Waals surface area contributed by atoms with Gasteiger partial charge in [-0.05, 0) is 30.7 Å². The van der Waals surface area contributed by atoms with E-state index in [0.717, 1.165) is 11.8 Å². The summed E-state index contributed by atoms with van der Waals surface area (Å²) in [4.78, 5) is 40.3. The zero-order valence-electron chi connectivity index (χ0n) is 16.2. The van der Waals surface area contributed by atoms with Gasteiger partial charge in [0, 0.05) is 12.7 Å². The van der Waals surface area contributed by atoms with Crippen LogP contribution in [0.2, 0.25) is 0 Å². The van der Waals surface area contributed by atoms with Crippen molar-refractivity contribution in [2.45, 2.75) is 29.6 Å². The summed E-state index contributed by atoms with van der Waals surface area (Å²) in [6.45, 7) is 0.485. The molecule has 14 heteroatoms. The standard InChI is InChI=1S/C17H20N6O7S/c1-17(7-30-16(20)27)11(14(25)26)23-12(24)10(13(23)31(17,28)29)5-9-4-8(2-3-21-9)6-22-15(18)19/h2-5,11,13H,6-7H2,1H3,(H2,20,27)(H,25,26)(H4,18,19,22)/b10-5-/t11-,13+,17-/m0/s1. The predicted molar refractivity (Wildman–Crippen MR) is 106 cm³/mol. The van der Waals surface area contributed by atoms with Crippen molar-refractivity contribution in [2.75, 3.05) is 6.61 Å². The number of sulfone groups is 1. The Balaban J connectivity index is 1.98. The molecule has 0 spiro atoms. The quantitative estimate of drug-likeness (QED) is 0.143. The molecule has 1 aromatic rings. The largest absolute Gasteiger partial charge is 0.480 e. The first-order chi connectivity index (χ1) is 14.4. The van der Waals surface area contributed by atoms with Gasteiger partial charge in [-0.25, -0.2) is 18.0 Å². The van der Waals surface area contributed by atoms with Gasteiger partial charge in [0.05, 0.1) is 11.3 Å². The third kappa shape index (κ3) is 3.54. The number of primary amides is 1. The van der Waals surface area contributed by atoms with Crippen molar-refractivity contribution in [3.63, 3.8) is 0 Å². The molecule has 0 aliphatic carbocycles. The zero-order valence-corrected chi connectivity index (χ0v) is 17.0. The van der Waals surface area contributed by atoms with Crippen LogP contribution >= 0.6 is 0 Å². The number of carbonyl (C=O) groups is 3. The summed E-state index contributed by atoms with van der Waals surface area (Å²) in [5.41, 5.74) is 10.9. The summed E-state index contributed by atoms with van der Waals surface area (Å²) < 4.78 is 28.9. The van der Waals surface area contributed by atoms with Crippen LogP contribution in [0.15, 0.2) is 23.9 Å². The highest BCUT2D eigenvalue weighted by Crippen LogP contribution is 2.49. The fourth-order valence-electron chi connectivity index (χ4n) is 3.65. The molecular formula is C17H20N6O7S. The van der Waals surface area contributed by atoms with E-state index in [1.807, 2.05) is 0 Å². The van der Waals surface area contributed by atoms with Crippen molar-refractivity contribution >= 4 is 39.8 Å². The summed E-state index contributed by atoms with van der Waals surface area (Å²) in [6, 6.07) is 1.44. The van der Waals surface area contributed by atoms with Crippen molar-refractivity contribution in [2.24, 2.45) is 11.5 Å². The molecule has 3 rings (SSSR count). The highest BCUT2D eigenvalue weighted by molar-refractivity contribution is 7.94. The first kappa shape index (κ1) is 22.0. The number of aliphatic carboxylic acids is 1. The van der Waals surface area contributed by atoms with Gasteiger partial charge >= 0.3 is 12.1 Å². The number of aromatic nitrogens is 1. The second-order valence-electron chi connectivity index (χ2n) is 7.23. The first-order valence-electron chi connectivity index (χ1n) is 8.85. The van der Waals surface area contributed by atoms with Crippen molar-refractivity contribution in [1.29, 1.82) is 5.41 Å². The smallest absolute Gasteiger partial charge is 0.404 e. The van der Waals surface area contributed by atoms with Gasteiger partial charge in [-0.3, -0.25) is 15.2 Å². The summed E-state index contributed by atoms with van der Waals surface area (Å²) in [6.07, 6.45) is 1.42. The SMILES string of the molecule is C[C@]1(COC(N)=O)[C@H](C(=O)O)N2C(=O)/C(=C/c3cc(CNC(=N)N)ccn3)[C@H]2S1(=O)=O. The van der Waals surface area contributed by atoms with Crippen LogP contribution in [0.5, 0.6) is 0 Å². The van der Waals surface area contributed by atoms with Gasteiger partial charge in [0.1, 0.15) is 11.4 Å². The van der Waals surface area contributed by atoms with Gasteiger partial charge in [0.25, 0.3) is 5.91 Å². The highest BCUT2D eigenvalue weighted by atomic mass is 32.2. The van der Waals surface area contributed by atoms with Crippen LogP contribution in [0.4, 0.5) is 4.79 Å². The van der Waals surface area contributed by atoms with Crippen LogP contribution in [0.3, 0.4) is 0 Å². The number of hydrogen-bond acceptors (Lipinski definition) is 8. The highest BCUT2D eigenvalue weighted by Gasteiger charge is 2.72. The van der Waals surface area contributed by atoms with Gasteiger partial charge in [0.2, 0.25) is 0 Å². The van der Waals surface area contributed by atoms with Crippen LogP contribution < -0.4 is 16.8 Å².